The molecule has 1 aliphatic heterocycles. The van der Waals surface area contributed by atoms with E-state index in [1.807, 2.05) is 34.6 Å². The molecule has 1 aromatic carbocycles. The number of nitrogens with two attached hydrogens (primary N) is 1. The van der Waals surface area contributed by atoms with Crippen LogP contribution in [0.1, 0.15) is 141 Å². The lowest BCUT2D eigenvalue weighted by molar-refractivity contribution is -0.213. The number of anilines is 1. The highest BCUT2D eigenvalue weighted by Gasteiger charge is 2.47. The second-order valence-electron chi connectivity index (χ2n) is 17.6. The number of nitrogen functional groups attached to an aromatic ring is 1. The topological polar surface area (TPSA) is 193 Å². The van der Waals surface area contributed by atoms with E-state index in [0.29, 0.717) is 31.2 Å². The molecule has 5 N–H and O–H groups in total. The number of unbranched alkanes of at least 4 members (excludes halogenated alkanes) is 1. The summed E-state index contributed by atoms with van der Waals surface area (Å²) in [6, 6.07) is 2.01. The minimum absolute atomic E-state index is 0.00581. The van der Waals surface area contributed by atoms with Crippen molar-refractivity contribution in [3.8, 4) is 12.3 Å². The Balaban J connectivity index is 1.98. The van der Waals surface area contributed by atoms with Gasteiger partial charge in [-0.05, 0) is 103 Å². The van der Waals surface area contributed by atoms with Crippen LogP contribution < -0.4 is 16.4 Å². The van der Waals surface area contributed by atoms with Crippen molar-refractivity contribution in [2.45, 2.75) is 156 Å². The maximum atomic E-state index is 14.9. The maximum absolute atomic E-state index is 14.9. The van der Waals surface area contributed by atoms with Gasteiger partial charge in [0.25, 0.3) is 11.8 Å². The summed E-state index contributed by atoms with van der Waals surface area (Å²) in [5.74, 6) is -1.54. The van der Waals surface area contributed by atoms with Gasteiger partial charge in [0.2, 0.25) is 5.91 Å². The number of aromatic nitrogens is 1. The molecular weight excluding hydrogens is 804 g/mol. The van der Waals surface area contributed by atoms with E-state index in [1.54, 1.807) is 6.07 Å². The fourth-order valence-electron chi connectivity index (χ4n) is 7.75. The summed E-state index contributed by atoms with van der Waals surface area (Å²) in [5.41, 5.74) is 4.08. The molecule has 0 bridgehead atoms. The number of thiazole rings is 1. The minimum atomic E-state index is -1.24. The van der Waals surface area contributed by atoms with Crippen molar-refractivity contribution < 1.29 is 43.0 Å². The van der Waals surface area contributed by atoms with Gasteiger partial charge in [-0.2, -0.15) is 0 Å². The Morgan fingerprint density at radius 1 is 1.16 bits per heavy atom. The highest BCUT2D eigenvalue weighted by molar-refractivity contribution is 7.09. The van der Waals surface area contributed by atoms with Crippen LogP contribution in [0, 0.1) is 35.4 Å². The summed E-state index contributed by atoms with van der Waals surface area (Å²) in [4.78, 5) is 80.5. The van der Waals surface area contributed by atoms with Crippen LogP contribution in [0.5, 0.6) is 0 Å². The average Bonchev–Trinajstić information content (AvgIpc) is 3.84. The number of carboxylic acid groups (broad SMARTS) is 1. The Kier molecular flexibility index (Phi) is 18.7. The van der Waals surface area contributed by atoms with Crippen LogP contribution in [-0.4, -0.2) is 92.6 Å². The summed E-state index contributed by atoms with van der Waals surface area (Å²) >= 11 is 1.08. The van der Waals surface area contributed by atoms with E-state index in [-0.39, 0.29) is 66.0 Å². The van der Waals surface area contributed by atoms with Crippen LogP contribution in [0.2, 0.25) is 0 Å². The normalized spacial score (nSPS) is 18.2. The summed E-state index contributed by atoms with van der Waals surface area (Å²) in [6.07, 6.45) is 7.64. The number of carboxylic acids is 1. The average molecular weight is 871 g/mol. The number of terminal acetylenes is 1. The molecule has 3 rings (SSSR count). The number of benzene rings is 1. The number of hydroxylamine groups is 2. The molecule has 1 aromatic heterocycles. The van der Waals surface area contributed by atoms with E-state index in [9.17, 15) is 33.5 Å². The molecule has 0 saturated carbocycles. The lowest BCUT2D eigenvalue weighted by Gasteiger charge is -2.40. The van der Waals surface area contributed by atoms with Gasteiger partial charge in [0.05, 0.1) is 29.3 Å². The first-order valence-corrected chi connectivity index (χ1v) is 22.1. The minimum Gasteiger partial charge on any atom is -0.481 e. The van der Waals surface area contributed by atoms with E-state index >= 15 is 0 Å². The number of halogens is 1. The molecule has 6 atom stereocenters. The van der Waals surface area contributed by atoms with Crippen LogP contribution in [0.25, 0.3) is 0 Å². The van der Waals surface area contributed by atoms with Crippen molar-refractivity contribution in [3.05, 3.63) is 45.7 Å². The Bertz CT molecular complexity index is 1880. The zero-order valence-corrected chi connectivity index (χ0v) is 38.3. The number of carbonyl (C=O) groups is 5. The molecule has 1 aliphatic rings. The van der Waals surface area contributed by atoms with Crippen molar-refractivity contribution in [2.24, 2.45) is 17.3 Å². The predicted molar refractivity (Wildman–Crippen MR) is 233 cm³/mol. The second kappa shape index (κ2) is 22.5. The van der Waals surface area contributed by atoms with E-state index in [1.165, 1.54) is 43.3 Å². The molecule has 0 unspecified atom stereocenters. The van der Waals surface area contributed by atoms with Crippen molar-refractivity contribution in [1.29, 1.82) is 0 Å². The monoisotopic (exact) mass is 870 g/mol. The van der Waals surface area contributed by atoms with E-state index in [0.717, 1.165) is 24.3 Å². The first kappa shape index (κ1) is 50.8. The van der Waals surface area contributed by atoms with Gasteiger partial charge in [-0.1, -0.05) is 40.2 Å². The number of aliphatic carboxylic acids is 1. The van der Waals surface area contributed by atoms with Crippen molar-refractivity contribution in [2.75, 3.05) is 18.9 Å². The van der Waals surface area contributed by atoms with Gasteiger partial charge < -0.3 is 26.2 Å². The predicted octanol–water partition coefficient (Wildman–Crippen LogP) is 6.69. The Morgan fingerprint density at radius 2 is 1.85 bits per heavy atom. The van der Waals surface area contributed by atoms with Crippen LogP contribution in [0.3, 0.4) is 0 Å². The van der Waals surface area contributed by atoms with Crippen LogP contribution >= 0.6 is 11.3 Å². The number of amides is 3. The van der Waals surface area contributed by atoms with Gasteiger partial charge in [-0.15, -0.1) is 23.7 Å². The van der Waals surface area contributed by atoms with Gasteiger partial charge >= 0.3 is 11.9 Å². The summed E-state index contributed by atoms with van der Waals surface area (Å²) in [6.45, 7) is 18.9. The third-order valence-corrected chi connectivity index (χ3v) is 12.5. The molecule has 2 heterocycles. The molecule has 0 radical (unpaired) electrons. The molecule has 3 amide bonds. The van der Waals surface area contributed by atoms with Crippen LogP contribution in [0.15, 0.2) is 23.6 Å². The number of hydrogen-bond donors (Lipinski definition) is 4. The smallest absolute Gasteiger partial charge is 0.309 e. The first-order chi connectivity index (χ1) is 28.6. The Labute approximate surface area is 364 Å². The van der Waals surface area contributed by atoms with Gasteiger partial charge in [0.15, 0.2) is 6.10 Å². The SMILES string of the molecule is C#CCCCON(C(=O)[C@@H](NC(=O)[C@@]1(C)CCCN1C(C)C)[C@@H](C)CC)[C@H](C[C@@H](OC(C)=O)c1nc(C(=O)N[C@@H](Cc2ccc(N)c(F)c2)CC(C)(C)C(=O)O)cs1)C(C)C. The molecule has 16 heteroatoms. The molecule has 338 valence electrons. The third kappa shape index (κ3) is 13.7. The zero-order chi connectivity index (χ0) is 45.8. The second-order valence-corrected chi connectivity index (χ2v) is 18.5. The molecule has 0 spiro atoms. The largest absolute Gasteiger partial charge is 0.481 e. The number of nitrogens with zero attached hydrogens (tertiary/aromatic N) is 3. The molecule has 14 nitrogen and oxygen atoms in total. The van der Waals surface area contributed by atoms with Gasteiger partial charge in [-0.25, -0.2) is 14.4 Å². The highest BCUT2D eigenvalue weighted by Crippen LogP contribution is 2.34. The standard InChI is InChI=1S/C45H67FN6O8S/c1-12-14-15-21-59-52(41(55)38(29(7)13-2)50-42(56)45(11)19-16-20-51(45)28(5)6)36(27(3)4)24-37(60-30(8)53)40-49-35(26-61-40)39(54)48-32(25-44(9,10)43(57)58)22-31-17-18-34(47)33(46)23-31/h1,17-18,23,26-29,32,36-38H,13-16,19-22,24-25,47H2,2-11H3,(H,48,54)(H,50,56)(H,57,58)/t29-,32-,36+,37+,38-,45+/m0/s1. The van der Waals surface area contributed by atoms with Crippen molar-refractivity contribution >= 4 is 46.7 Å². The number of esters is 1. The maximum Gasteiger partial charge on any atom is 0.309 e. The number of nitrogens with one attached hydrogen (secondary N) is 2. The number of carbonyl (C=O) groups excluding carboxylic acids is 4. The molecule has 2 aromatic rings. The van der Waals surface area contributed by atoms with Gasteiger partial charge in [0.1, 0.15) is 22.6 Å². The molecule has 0 aliphatic carbocycles. The first-order valence-electron chi connectivity index (χ1n) is 21.2. The lowest BCUT2D eigenvalue weighted by atomic mass is 9.84. The molecule has 61 heavy (non-hydrogen) atoms. The van der Waals surface area contributed by atoms with Crippen molar-refractivity contribution in [3.63, 3.8) is 0 Å². The van der Waals surface area contributed by atoms with Crippen molar-refractivity contribution in [1.82, 2.24) is 25.6 Å². The quantitative estimate of drug-likeness (QED) is 0.0306. The number of ether oxygens (including phenoxy) is 1. The Hall–Kier alpha value is -4.59. The van der Waals surface area contributed by atoms with Crippen LogP contribution in [-0.2, 0) is 35.2 Å². The highest BCUT2D eigenvalue weighted by atomic mass is 32.1. The molecular formula is C45H67FN6O8S. The van der Waals surface area contributed by atoms with E-state index in [2.05, 4.69) is 40.3 Å². The van der Waals surface area contributed by atoms with E-state index < -0.39 is 64.8 Å². The lowest BCUT2D eigenvalue weighted by Crippen LogP contribution is -2.62. The third-order valence-electron chi connectivity index (χ3n) is 11.6. The summed E-state index contributed by atoms with van der Waals surface area (Å²) in [5, 5.41) is 19.0. The van der Waals surface area contributed by atoms with Crippen LogP contribution in [0.4, 0.5) is 10.1 Å². The fourth-order valence-corrected chi connectivity index (χ4v) is 8.59. The van der Waals surface area contributed by atoms with Gasteiger partial charge in [-0.3, -0.25) is 33.7 Å². The Morgan fingerprint density at radius 3 is 2.43 bits per heavy atom. The fraction of sp³-hybridized carbons (Fsp3) is 0.644. The molecule has 1 saturated heterocycles. The molecule has 1 fully saturated rings. The van der Waals surface area contributed by atoms with Gasteiger partial charge in [0, 0.05) is 37.2 Å². The van der Waals surface area contributed by atoms with E-state index in [4.69, 9.17) is 21.7 Å². The number of likely N-dealkylation sites (tertiary alicyclic amines) is 1. The number of hydrogen-bond acceptors (Lipinski definition) is 11. The summed E-state index contributed by atoms with van der Waals surface area (Å²) in [7, 11) is 0. The summed E-state index contributed by atoms with van der Waals surface area (Å²) < 4.78 is 20.2. The zero-order valence-electron chi connectivity index (χ0n) is 37.5. The number of rotatable bonds is 23.